The first-order valence-electron chi connectivity index (χ1n) is 9.21. The lowest BCUT2D eigenvalue weighted by molar-refractivity contribution is 0.0996. The van der Waals surface area contributed by atoms with Crippen LogP contribution in [0.1, 0.15) is 26.7 Å². The number of allylic oxidation sites excluding steroid dienone is 1. The normalized spacial score (nSPS) is 11.0. The van der Waals surface area contributed by atoms with Gasteiger partial charge in [0, 0.05) is 26.9 Å². The highest BCUT2D eigenvalue weighted by atomic mass is 35.5. The molecule has 4 aromatic rings. The summed E-state index contributed by atoms with van der Waals surface area (Å²) in [6.07, 6.45) is 4.43. The van der Waals surface area contributed by atoms with Crippen molar-refractivity contribution in [2.45, 2.75) is 0 Å². The fourth-order valence-corrected chi connectivity index (χ4v) is 3.39. The van der Waals surface area contributed by atoms with Crippen molar-refractivity contribution in [3.8, 4) is 11.3 Å². The van der Waals surface area contributed by atoms with E-state index in [1.165, 1.54) is 12.3 Å². The molecule has 1 N–H and O–H groups in total. The van der Waals surface area contributed by atoms with Gasteiger partial charge >= 0.3 is 0 Å². The van der Waals surface area contributed by atoms with E-state index >= 15 is 0 Å². The second kappa shape index (κ2) is 9.08. The van der Waals surface area contributed by atoms with Crippen LogP contribution in [-0.4, -0.2) is 11.7 Å². The monoisotopic (exact) mass is 451 g/mol. The smallest absolute Gasteiger partial charge is 0.291 e. The SMILES string of the molecule is O=C(/C=C/c1ccc(-c2cc(Cl)cc(Cl)c2)o1)c1ccc(NC(=O)c2ccco2)cc1. The Labute approximate surface area is 187 Å². The lowest BCUT2D eigenvalue weighted by Gasteiger charge is -2.03. The fourth-order valence-electron chi connectivity index (χ4n) is 2.87. The average molecular weight is 452 g/mol. The first kappa shape index (κ1) is 20.7. The van der Waals surface area contributed by atoms with Gasteiger partial charge in [-0.15, -0.1) is 0 Å². The number of hydrogen-bond acceptors (Lipinski definition) is 4. The van der Waals surface area contributed by atoms with E-state index in [1.54, 1.807) is 72.8 Å². The van der Waals surface area contributed by atoms with Crippen LogP contribution in [0.2, 0.25) is 10.0 Å². The molecule has 1 amide bonds. The molecule has 0 fully saturated rings. The van der Waals surface area contributed by atoms with Gasteiger partial charge in [0.05, 0.1) is 6.26 Å². The number of rotatable bonds is 6. The van der Waals surface area contributed by atoms with Crippen LogP contribution in [0.25, 0.3) is 17.4 Å². The first-order valence-corrected chi connectivity index (χ1v) is 9.97. The summed E-state index contributed by atoms with van der Waals surface area (Å²) in [4.78, 5) is 24.4. The Bertz CT molecular complexity index is 1230. The fraction of sp³-hybridized carbons (Fsp3) is 0. The quantitative estimate of drug-likeness (QED) is 0.253. The van der Waals surface area contributed by atoms with Gasteiger partial charge in [-0.3, -0.25) is 9.59 Å². The second-order valence-electron chi connectivity index (χ2n) is 6.57. The Morgan fingerprint density at radius 3 is 2.32 bits per heavy atom. The van der Waals surface area contributed by atoms with Crippen LogP contribution in [0.15, 0.2) is 87.9 Å². The lowest BCUT2D eigenvalue weighted by atomic mass is 10.1. The van der Waals surface area contributed by atoms with Crippen molar-refractivity contribution >= 4 is 46.7 Å². The van der Waals surface area contributed by atoms with Crippen molar-refractivity contribution in [1.29, 1.82) is 0 Å². The molecule has 5 nitrogen and oxygen atoms in total. The first-order chi connectivity index (χ1) is 15.0. The number of anilines is 1. The summed E-state index contributed by atoms with van der Waals surface area (Å²) in [6, 6.07) is 18.4. The van der Waals surface area contributed by atoms with Crippen LogP contribution < -0.4 is 5.32 Å². The topological polar surface area (TPSA) is 72.5 Å². The number of nitrogens with one attached hydrogen (secondary N) is 1. The van der Waals surface area contributed by atoms with Crippen LogP contribution >= 0.6 is 23.2 Å². The summed E-state index contributed by atoms with van der Waals surface area (Å²) < 4.78 is 10.8. The van der Waals surface area contributed by atoms with Gasteiger partial charge in [-0.25, -0.2) is 0 Å². The van der Waals surface area contributed by atoms with Crippen LogP contribution in [0.5, 0.6) is 0 Å². The molecule has 154 valence electrons. The highest BCUT2D eigenvalue weighted by Crippen LogP contribution is 2.29. The van der Waals surface area contributed by atoms with Crippen molar-refractivity contribution in [2.75, 3.05) is 5.32 Å². The molecule has 0 aliphatic rings. The maximum atomic E-state index is 12.4. The molecular formula is C24H15Cl2NO4. The lowest BCUT2D eigenvalue weighted by Crippen LogP contribution is -2.10. The third kappa shape index (κ3) is 5.15. The van der Waals surface area contributed by atoms with E-state index < -0.39 is 0 Å². The van der Waals surface area contributed by atoms with Gasteiger partial charge in [0.2, 0.25) is 0 Å². The molecule has 0 atom stereocenters. The molecule has 0 unspecified atom stereocenters. The van der Waals surface area contributed by atoms with Gasteiger partial charge in [0.1, 0.15) is 11.5 Å². The van der Waals surface area contributed by atoms with Gasteiger partial charge in [0.25, 0.3) is 5.91 Å². The molecule has 0 radical (unpaired) electrons. The zero-order chi connectivity index (χ0) is 21.8. The Balaban J connectivity index is 1.41. The minimum atomic E-state index is -0.362. The summed E-state index contributed by atoms with van der Waals surface area (Å²) in [5, 5.41) is 3.72. The predicted octanol–water partition coefficient (Wildman–Crippen LogP) is 6.99. The Hall–Kier alpha value is -3.54. The number of ketones is 1. The highest BCUT2D eigenvalue weighted by Gasteiger charge is 2.10. The zero-order valence-electron chi connectivity index (χ0n) is 16.0. The number of hydrogen-bond donors (Lipinski definition) is 1. The predicted molar refractivity (Wildman–Crippen MR) is 121 cm³/mol. The Morgan fingerprint density at radius 1 is 0.903 bits per heavy atom. The third-order valence-electron chi connectivity index (χ3n) is 4.35. The Morgan fingerprint density at radius 2 is 1.65 bits per heavy atom. The number of amides is 1. The van der Waals surface area contributed by atoms with E-state index in [-0.39, 0.29) is 17.5 Å². The van der Waals surface area contributed by atoms with E-state index in [2.05, 4.69) is 5.32 Å². The minimum absolute atomic E-state index is 0.201. The van der Waals surface area contributed by atoms with E-state index in [0.29, 0.717) is 32.8 Å². The number of benzene rings is 2. The van der Waals surface area contributed by atoms with Gasteiger partial charge in [0.15, 0.2) is 11.5 Å². The summed E-state index contributed by atoms with van der Waals surface area (Å²) >= 11 is 12.1. The van der Waals surface area contributed by atoms with Crippen LogP contribution in [0.4, 0.5) is 5.69 Å². The van der Waals surface area contributed by atoms with Gasteiger partial charge in [-0.05, 0) is 78.9 Å². The minimum Gasteiger partial charge on any atom is -0.459 e. The number of furan rings is 2. The van der Waals surface area contributed by atoms with E-state index in [0.717, 1.165) is 5.56 Å². The zero-order valence-corrected chi connectivity index (χ0v) is 17.5. The molecule has 31 heavy (non-hydrogen) atoms. The molecule has 2 aromatic carbocycles. The van der Waals surface area contributed by atoms with Crippen molar-refractivity contribution in [2.24, 2.45) is 0 Å². The van der Waals surface area contributed by atoms with Gasteiger partial charge in [-0.2, -0.15) is 0 Å². The van der Waals surface area contributed by atoms with Crippen molar-refractivity contribution in [3.63, 3.8) is 0 Å². The van der Waals surface area contributed by atoms with Gasteiger partial charge in [-0.1, -0.05) is 23.2 Å². The standard InChI is InChI=1S/C24H15Cl2NO4/c25-17-12-16(13-18(26)14-17)22-10-8-20(31-22)7-9-21(28)15-3-5-19(6-4-15)27-24(29)23-2-1-11-30-23/h1-14H,(H,27,29)/b9-7+. The molecule has 2 aromatic heterocycles. The molecular weight excluding hydrogens is 437 g/mol. The van der Waals surface area contributed by atoms with Crippen molar-refractivity contribution in [3.05, 3.63) is 106 Å². The molecule has 7 heteroatoms. The van der Waals surface area contributed by atoms with Crippen LogP contribution in [0.3, 0.4) is 0 Å². The molecule has 0 spiro atoms. The Kier molecular flexibility index (Phi) is 6.07. The average Bonchev–Trinajstić information content (AvgIpc) is 3.44. The summed E-state index contributed by atoms with van der Waals surface area (Å²) in [5.74, 6) is 0.752. The molecule has 0 aliphatic heterocycles. The van der Waals surface area contributed by atoms with Gasteiger partial charge < -0.3 is 14.2 Å². The van der Waals surface area contributed by atoms with E-state index in [9.17, 15) is 9.59 Å². The molecule has 0 saturated heterocycles. The van der Waals surface area contributed by atoms with Crippen LogP contribution in [-0.2, 0) is 0 Å². The summed E-state index contributed by atoms with van der Waals surface area (Å²) in [6.45, 7) is 0. The molecule has 0 aliphatic carbocycles. The largest absolute Gasteiger partial charge is 0.459 e. The van der Waals surface area contributed by atoms with Crippen LogP contribution in [0, 0.1) is 0 Å². The number of carbonyl (C=O) groups is 2. The summed E-state index contributed by atoms with van der Waals surface area (Å²) in [5.41, 5.74) is 1.77. The van der Waals surface area contributed by atoms with Crippen molar-refractivity contribution in [1.82, 2.24) is 0 Å². The highest BCUT2D eigenvalue weighted by molar-refractivity contribution is 6.35. The molecule has 4 rings (SSSR count). The van der Waals surface area contributed by atoms with Crippen molar-refractivity contribution < 1.29 is 18.4 Å². The molecule has 0 bridgehead atoms. The second-order valence-corrected chi connectivity index (χ2v) is 7.44. The number of carbonyl (C=O) groups excluding carboxylic acids is 2. The summed E-state index contributed by atoms with van der Waals surface area (Å²) in [7, 11) is 0. The maximum Gasteiger partial charge on any atom is 0.291 e. The molecule has 0 saturated carbocycles. The maximum absolute atomic E-state index is 12.4. The van der Waals surface area contributed by atoms with E-state index in [1.807, 2.05) is 0 Å². The van der Waals surface area contributed by atoms with E-state index in [4.69, 9.17) is 32.0 Å². The number of halogens is 2. The molecule has 2 heterocycles. The third-order valence-corrected chi connectivity index (χ3v) is 4.78.